The van der Waals surface area contributed by atoms with E-state index in [1.54, 1.807) is 11.7 Å². The van der Waals surface area contributed by atoms with Crippen LogP contribution in [0.4, 0.5) is 0 Å². The second-order valence-corrected chi connectivity index (χ2v) is 5.44. The van der Waals surface area contributed by atoms with E-state index in [1.807, 2.05) is 13.0 Å². The maximum absolute atomic E-state index is 12.2. The number of hydrogen-bond donors (Lipinski definition) is 1. The highest BCUT2D eigenvalue weighted by Crippen LogP contribution is 2.23. The summed E-state index contributed by atoms with van der Waals surface area (Å²) < 4.78 is 1.64. The van der Waals surface area contributed by atoms with Gasteiger partial charge in [0, 0.05) is 13.1 Å². The third kappa shape index (κ3) is 2.86. The maximum atomic E-state index is 12.2. The minimum absolute atomic E-state index is 0.0570. The Hall–Kier alpha value is -1.03. The van der Waals surface area contributed by atoms with Crippen LogP contribution in [0.5, 0.6) is 0 Å². The van der Waals surface area contributed by atoms with E-state index in [0.717, 1.165) is 37.8 Å². The van der Waals surface area contributed by atoms with Gasteiger partial charge in [0.2, 0.25) is 0 Å². The van der Waals surface area contributed by atoms with Crippen molar-refractivity contribution in [2.24, 2.45) is 7.05 Å². The van der Waals surface area contributed by atoms with Gasteiger partial charge >= 0.3 is 0 Å². The van der Waals surface area contributed by atoms with Crippen LogP contribution in [0.1, 0.15) is 48.8 Å². The summed E-state index contributed by atoms with van der Waals surface area (Å²) in [7, 11) is 1.80. The number of nitrogens with one attached hydrogen (secondary N) is 1. The van der Waals surface area contributed by atoms with Gasteiger partial charge in [0.25, 0.3) is 5.91 Å². The number of aryl methyl sites for hydroxylation is 2. The molecule has 1 amide bonds. The van der Waals surface area contributed by atoms with Crippen molar-refractivity contribution in [2.45, 2.75) is 50.4 Å². The standard InChI is InChI=1S/C13H20ClN3O/c1-3-9-8-12(17(2)16-9)13(18)15-11-7-5-4-6-10(11)14/h8,10-11H,3-7H2,1-2H3,(H,15,18). The molecule has 1 aliphatic carbocycles. The number of halogens is 1. The topological polar surface area (TPSA) is 46.9 Å². The smallest absolute Gasteiger partial charge is 0.269 e. The molecule has 1 N–H and O–H groups in total. The van der Waals surface area contributed by atoms with Gasteiger partial charge in [-0.1, -0.05) is 19.8 Å². The van der Waals surface area contributed by atoms with Gasteiger partial charge < -0.3 is 5.32 Å². The predicted octanol–water partition coefficient (Wildman–Crippen LogP) is 2.26. The van der Waals surface area contributed by atoms with Gasteiger partial charge in [-0.25, -0.2) is 0 Å². The number of rotatable bonds is 3. The zero-order valence-electron chi connectivity index (χ0n) is 10.9. The summed E-state index contributed by atoms with van der Waals surface area (Å²) in [6, 6.07) is 1.94. The van der Waals surface area contributed by atoms with Gasteiger partial charge in [0.15, 0.2) is 0 Å². The summed E-state index contributed by atoms with van der Waals surface area (Å²) >= 11 is 6.25. The Bertz CT molecular complexity index is 430. The van der Waals surface area contributed by atoms with Crippen LogP contribution in [0.2, 0.25) is 0 Å². The fourth-order valence-electron chi connectivity index (χ4n) is 2.40. The molecule has 1 saturated carbocycles. The molecule has 4 nitrogen and oxygen atoms in total. The quantitative estimate of drug-likeness (QED) is 0.856. The first-order valence-electron chi connectivity index (χ1n) is 6.59. The Morgan fingerprint density at radius 2 is 2.28 bits per heavy atom. The number of carbonyl (C=O) groups is 1. The van der Waals surface area contributed by atoms with E-state index in [0.29, 0.717) is 5.69 Å². The van der Waals surface area contributed by atoms with Crippen LogP contribution < -0.4 is 5.32 Å². The molecule has 0 aromatic carbocycles. The third-order valence-electron chi connectivity index (χ3n) is 3.52. The summed E-state index contributed by atoms with van der Waals surface area (Å²) in [5, 5.41) is 7.37. The second kappa shape index (κ2) is 5.74. The highest BCUT2D eigenvalue weighted by Gasteiger charge is 2.25. The average molecular weight is 270 g/mol. The molecule has 1 aromatic heterocycles. The van der Waals surface area contributed by atoms with E-state index >= 15 is 0 Å². The lowest BCUT2D eigenvalue weighted by Crippen LogP contribution is -2.43. The predicted molar refractivity (Wildman–Crippen MR) is 71.9 cm³/mol. The van der Waals surface area contributed by atoms with Gasteiger partial charge in [-0.2, -0.15) is 5.10 Å². The van der Waals surface area contributed by atoms with Gasteiger partial charge in [0.05, 0.1) is 11.1 Å². The van der Waals surface area contributed by atoms with Crippen molar-refractivity contribution in [3.8, 4) is 0 Å². The van der Waals surface area contributed by atoms with Crippen molar-refractivity contribution in [3.63, 3.8) is 0 Å². The summed E-state index contributed by atoms with van der Waals surface area (Å²) in [5.41, 5.74) is 1.55. The van der Waals surface area contributed by atoms with E-state index in [9.17, 15) is 4.79 Å². The molecule has 100 valence electrons. The molecule has 2 atom stereocenters. The molecule has 2 unspecified atom stereocenters. The van der Waals surface area contributed by atoms with Crippen molar-refractivity contribution in [2.75, 3.05) is 0 Å². The lowest BCUT2D eigenvalue weighted by atomic mass is 9.95. The minimum Gasteiger partial charge on any atom is -0.346 e. The molecule has 0 spiro atoms. The van der Waals surface area contributed by atoms with Crippen LogP contribution in [0.25, 0.3) is 0 Å². The van der Waals surface area contributed by atoms with Crippen LogP contribution in [-0.2, 0) is 13.5 Å². The van der Waals surface area contributed by atoms with Crippen molar-refractivity contribution in [1.82, 2.24) is 15.1 Å². The largest absolute Gasteiger partial charge is 0.346 e. The number of hydrogen-bond acceptors (Lipinski definition) is 2. The van der Waals surface area contributed by atoms with Gasteiger partial charge in [0.1, 0.15) is 5.69 Å². The molecule has 5 heteroatoms. The molecule has 18 heavy (non-hydrogen) atoms. The molecule has 1 fully saturated rings. The molecule has 1 aliphatic rings. The van der Waals surface area contributed by atoms with Crippen molar-refractivity contribution >= 4 is 17.5 Å². The number of alkyl halides is 1. The molecule has 1 aromatic rings. The Balaban J connectivity index is 2.04. The fraction of sp³-hybridized carbons (Fsp3) is 0.692. The van der Waals surface area contributed by atoms with Crippen LogP contribution in [0, 0.1) is 0 Å². The molecule has 1 heterocycles. The van der Waals surface area contributed by atoms with E-state index in [-0.39, 0.29) is 17.3 Å². The zero-order chi connectivity index (χ0) is 13.1. The first kappa shape index (κ1) is 13.4. The minimum atomic E-state index is -0.0674. The zero-order valence-corrected chi connectivity index (χ0v) is 11.7. The molecule has 2 rings (SSSR count). The number of aromatic nitrogens is 2. The van der Waals surface area contributed by atoms with E-state index in [2.05, 4.69) is 10.4 Å². The highest BCUT2D eigenvalue weighted by molar-refractivity contribution is 6.21. The number of nitrogens with zero attached hydrogens (tertiary/aromatic N) is 2. The summed E-state index contributed by atoms with van der Waals surface area (Å²) in [5.74, 6) is -0.0674. The van der Waals surface area contributed by atoms with Crippen LogP contribution >= 0.6 is 11.6 Å². The third-order valence-corrected chi connectivity index (χ3v) is 4.05. The Kier molecular flexibility index (Phi) is 4.27. The maximum Gasteiger partial charge on any atom is 0.269 e. The molecule has 0 bridgehead atoms. The summed E-state index contributed by atoms with van der Waals surface area (Å²) in [6.45, 7) is 2.03. The van der Waals surface area contributed by atoms with Crippen LogP contribution in [0.15, 0.2) is 6.07 Å². The average Bonchev–Trinajstić information content (AvgIpc) is 2.73. The Morgan fingerprint density at radius 3 is 2.89 bits per heavy atom. The fourth-order valence-corrected chi connectivity index (χ4v) is 2.75. The summed E-state index contributed by atoms with van der Waals surface area (Å²) in [4.78, 5) is 12.2. The Morgan fingerprint density at radius 1 is 1.56 bits per heavy atom. The van der Waals surface area contributed by atoms with Crippen molar-refractivity contribution in [1.29, 1.82) is 0 Å². The van der Waals surface area contributed by atoms with E-state index in [4.69, 9.17) is 11.6 Å². The number of carbonyl (C=O) groups excluding carboxylic acids is 1. The van der Waals surface area contributed by atoms with Crippen molar-refractivity contribution in [3.05, 3.63) is 17.5 Å². The monoisotopic (exact) mass is 269 g/mol. The lowest BCUT2D eigenvalue weighted by Gasteiger charge is -2.27. The molecule has 0 aliphatic heterocycles. The highest BCUT2D eigenvalue weighted by atomic mass is 35.5. The number of amides is 1. The SMILES string of the molecule is CCc1cc(C(=O)NC2CCCCC2Cl)n(C)n1. The van der Waals surface area contributed by atoms with Gasteiger partial charge in [-0.15, -0.1) is 11.6 Å². The van der Waals surface area contributed by atoms with E-state index < -0.39 is 0 Å². The Labute approximate surface area is 113 Å². The first-order chi connectivity index (χ1) is 8.61. The molecule has 0 saturated heterocycles. The van der Waals surface area contributed by atoms with Crippen molar-refractivity contribution < 1.29 is 4.79 Å². The van der Waals surface area contributed by atoms with Gasteiger partial charge in [-0.05, 0) is 25.3 Å². The van der Waals surface area contributed by atoms with E-state index in [1.165, 1.54) is 0 Å². The normalized spacial score (nSPS) is 23.9. The molecular formula is C13H20ClN3O. The summed E-state index contributed by atoms with van der Waals surface area (Å²) in [6.07, 6.45) is 5.09. The molecule has 0 radical (unpaired) electrons. The first-order valence-corrected chi connectivity index (χ1v) is 7.03. The lowest BCUT2D eigenvalue weighted by molar-refractivity contribution is 0.0919. The van der Waals surface area contributed by atoms with Crippen LogP contribution in [0.3, 0.4) is 0 Å². The van der Waals surface area contributed by atoms with Gasteiger partial charge in [-0.3, -0.25) is 9.48 Å². The second-order valence-electron chi connectivity index (χ2n) is 4.88. The molecular weight excluding hydrogens is 250 g/mol. The van der Waals surface area contributed by atoms with Crippen LogP contribution in [-0.4, -0.2) is 27.1 Å².